The van der Waals surface area contributed by atoms with Gasteiger partial charge in [-0.05, 0) is 44.0 Å². The zero-order chi connectivity index (χ0) is 19.5. The second kappa shape index (κ2) is 7.64. The summed E-state index contributed by atoms with van der Waals surface area (Å²) in [6.45, 7) is 4.60. The number of hydrogen-bond donors (Lipinski definition) is 2. The molecule has 4 heterocycles. The largest absolute Gasteiger partial charge is 0.367 e. The van der Waals surface area contributed by atoms with Crippen LogP contribution in [0.25, 0.3) is 16.6 Å². The van der Waals surface area contributed by atoms with Gasteiger partial charge in [0.05, 0.1) is 16.5 Å². The lowest BCUT2D eigenvalue weighted by molar-refractivity contribution is 0.0957. The van der Waals surface area contributed by atoms with Crippen molar-refractivity contribution in [3.05, 3.63) is 66.4 Å². The number of hydrogen-bond acceptors (Lipinski definition) is 5. The summed E-state index contributed by atoms with van der Waals surface area (Å²) in [4.78, 5) is 26.1. The third-order valence-electron chi connectivity index (χ3n) is 4.50. The van der Waals surface area contributed by atoms with Crippen LogP contribution in [0.1, 0.15) is 29.8 Å². The van der Waals surface area contributed by atoms with Crippen LogP contribution in [0.15, 0.2) is 55.2 Å². The van der Waals surface area contributed by atoms with Crippen molar-refractivity contribution in [1.29, 1.82) is 0 Å². The molecular formula is C21H22N6O. The summed E-state index contributed by atoms with van der Waals surface area (Å²) in [5.74, 6) is 0.533. The third-order valence-corrected chi connectivity index (χ3v) is 4.50. The van der Waals surface area contributed by atoms with Crippen molar-refractivity contribution in [2.24, 2.45) is 0 Å². The zero-order valence-electron chi connectivity index (χ0n) is 15.9. The molecule has 28 heavy (non-hydrogen) atoms. The number of nitrogens with zero attached hydrogens (tertiary/aromatic N) is 4. The van der Waals surface area contributed by atoms with Crippen LogP contribution in [0.4, 0.5) is 5.82 Å². The molecule has 4 aromatic rings. The van der Waals surface area contributed by atoms with Crippen molar-refractivity contribution in [2.75, 3.05) is 11.9 Å². The Morgan fingerprint density at radius 2 is 2.07 bits per heavy atom. The van der Waals surface area contributed by atoms with Gasteiger partial charge in [-0.15, -0.1) is 0 Å². The summed E-state index contributed by atoms with van der Waals surface area (Å²) in [5.41, 5.74) is 3.19. The molecule has 0 unspecified atom stereocenters. The molecule has 0 aliphatic heterocycles. The van der Waals surface area contributed by atoms with Gasteiger partial charge in [0.15, 0.2) is 5.65 Å². The fraction of sp³-hybridized carbons (Fsp3) is 0.238. The summed E-state index contributed by atoms with van der Waals surface area (Å²) >= 11 is 0. The molecule has 1 amide bonds. The van der Waals surface area contributed by atoms with Crippen LogP contribution in [-0.2, 0) is 6.42 Å². The highest BCUT2D eigenvalue weighted by atomic mass is 16.1. The van der Waals surface area contributed by atoms with Gasteiger partial charge in [0.25, 0.3) is 5.91 Å². The zero-order valence-corrected chi connectivity index (χ0v) is 15.9. The monoisotopic (exact) mass is 374 g/mol. The van der Waals surface area contributed by atoms with Gasteiger partial charge in [-0.1, -0.05) is 12.1 Å². The van der Waals surface area contributed by atoms with Crippen LogP contribution in [-0.4, -0.2) is 37.8 Å². The van der Waals surface area contributed by atoms with Crippen LogP contribution in [0.2, 0.25) is 0 Å². The second-order valence-corrected chi connectivity index (χ2v) is 6.92. The standard InChI is InChI=1S/C21H22N6O/c1-14(2)26-19-18-17(21(28)23-10-8-15-6-5-9-22-12-15)16-7-3-4-11-27(16)20(18)25-13-24-19/h3-7,9,11-14H,8,10H2,1-2H3,(H,23,28)(H,24,25,26). The highest BCUT2D eigenvalue weighted by Crippen LogP contribution is 2.30. The van der Waals surface area contributed by atoms with E-state index in [1.54, 1.807) is 6.20 Å². The van der Waals surface area contributed by atoms with Crippen LogP contribution in [0.3, 0.4) is 0 Å². The molecule has 0 aromatic carbocycles. The van der Waals surface area contributed by atoms with E-state index in [-0.39, 0.29) is 11.9 Å². The minimum atomic E-state index is -0.135. The van der Waals surface area contributed by atoms with E-state index in [4.69, 9.17) is 0 Å². The van der Waals surface area contributed by atoms with Crippen molar-refractivity contribution in [3.8, 4) is 0 Å². The van der Waals surface area contributed by atoms with Gasteiger partial charge in [-0.3, -0.25) is 9.78 Å². The summed E-state index contributed by atoms with van der Waals surface area (Å²) in [5, 5.41) is 7.11. The number of anilines is 1. The Morgan fingerprint density at radius 3 is 2.86 bits per heavy atom. The van der Waals surface area contributed by atoms with Crippen molar-refractivity contribution in [2.45, 2.75) is 26.3 Å². The Hall–Kier alpha value is -3.48. The highest BCUT2D eigenvalue weighted by molar-refractivity contribution is 6.16. The van der Waals surface area contributed by atoms with E-state index in [0.717, 1.165) is 22.9 Å². The minimum Gasteiger partial charge on any atom is -0.367 e. The summed E-state index contributed by atoms with van der Waals surface area (Å²) < 4.78 is 1.93. The van der Waals surface area contributed by atoms with Crippen molar-refractivity contribution >= 4 is 28.3 Å². The van der Waals surface area contributed by atoms with Crippen molar-refractivity contribution < 1.29 is 4.79 Å². The molecule has 0 saturated carbocycles. The third kappa shape index (κ3) is 3.38. The number of carbonyl (C=O) groups is 1. The topological polar surface area (TPSA) is 84.2 Å². The Balaban J connectivity index is 1.72. The first-order chi connectivity index (χ1) is 13.6. The van der Waals surface area contributed by atoms with Gasteiger partial charge in [0.2, 0.25) is 0 Å². The molecule has 4 aromatic heterocycles. The minimum absolute atomic E-state index is 0.135. The van der Waals surface area contributed by atoms with Crippen LogP contribution in [0, 0.1) is 0 Å². The quantitative estimate of drug-likeness (QED) is 0.542. The number of aromatic nitrogens is 4. The first-order valence-corrected chi connectivity index (χ1v) is 9.32. The van der Waals surface area contributed by atoms with E-state index in [1.807, 2.05) is 61.0 Å². The number of fused-ring (bicyclic) bond motifs is 3. The Morgan fingerprint density at radius 1 is 1.18 bits per heavy atom. The fourth-order valence-corrected chi connectivity index (χ4v) is 3.32. The van der Waals surface area contributed by atoms with Gasteiger partial charge < -0.3 is 15.0 Å². The van der Waals surface area contributed by atoms with Gasteiger partial charge in [0.1, 0.15) is 12.1 Å². The second-order valence-electron chi connectivity index (χ2n) is 6.92. The maximum absolute atomic E-state index is 13.1. The van der Waals surface area contributed by atoms with Crippen LogP contribution in [0.5, 0.6) is 0 Å². The molecular weight excluding hydrogens is 352 g/mol. The summed E-state index contributed by atoms with van der Waals surface area (Å²) in [6, 6.07) is 9.85. The highest BCUT2D eigenvalue weighted by Gasteiger charge is 2.22. The normalized spacial score (nSPS) is 11.2. The SMILES string of the molecule is CC(C)Nc1ncnc2c1c(C(=O)NCCc1cccnc1)c1ccccn12. The molecule has 7 nitrogen and oxygen atoms in total. The van der Waals surface area contributed by atoms with E-state index in [2.05, 4.69) is 25.6 Å². The van der Waals surface area contributed by atoms with Crippen LogP contribution >= 0.6 is 0 Å². The Bertz CT molecular complexity index is 1120. The van der Waals surface area contributed by atoms with Crippen LogP contribution < -0.4 is 10.6 Å². The Kier molecular flexibility index (Phi) is 4.89. The predicted octanol–water partition coefficient (Wildman–Crippen LogP) is 3.07. The molecule has 0 aliphatic carbocycles. The van der Waals surface area contributed by atoms with Crippen molar-refractivity contribution in [3.63, 3.8) is 0 Å². The smallest absolute Gasteiger partial charge is 0.254 e. The van der Waals surface area contributed by atoms with E-state index in [1.165, 1.54) is 6.33 Å². The molecule has 0 aliphatic rings. The predicted molar refractivity (Wildman–Crippen MR) is 110 cm³/mol. The van der Waals surface area contributed by atoms with E-state index in [0.29, 0.717) is 23.6 Å². The molecule has 142 valence electrons. The lowest BCUT2D eigenvalue weighted by atomic mass is 10.1. The van der Waals surface area contributed by atoms with Gasteiger partial charge in [0, 0.05) is 31.2 Å². The number of amides is 1. The number of pyridine rings is 2. The fourth-order valence-electron chi connectivity index (χ4n) is 3.32. The molecule has 0 atom stereocenters. The van der Waals surface area contributed by atoms with E-state index >= 15 is 0 Å². The lowest BCUT2D eigenvalue weighted by Crippen LogP contribution is -2.26. The molecule has 0 bridgehead atoms. The molecule has 4 rings (SSSR count). The van der Waals surface area contributed by atoms with Crippen molar-refractivity contribution in [1.82, 2.24) is 24.7 Å². The van der Waals surface area contributed by atoms with E-state index in [9.17, 15) is 4.79 Å². The van der Waals surface area contributed by atoms with E-state index < -0.39 is 0 Å². The van der Waals surface area contributed by atoms with Gasteiger partial charge in [-0.25, -0.2) is 9.97 Å². The molecule has 0 spiro atoms. The number of carbonyl (C=O) groups excluding carboxylic acids is 1. The lowest BCUT2D eigenvalue weighted by Gasteiger charge is -2.11. The summed E-state index contributed by atoms with van der Waals surface area (Å²) in [7, 11) is 0. The first kappa shape index (κ1) is 17.9. The average Bonchev–Trinajstić information content (AvgIpc) is 3.04. The first-order valence-electron chi connectivity index (χ1n) is 9.32. The molecule has 2 N–H and O–H groups in total. The number of nitrogens with one attached hydrogen (secondary N) is 2. The molecule has 0 fully saturated rings. The maximum Gasteiger partial charge on any atom is 0.254 e. The van der Waals surface area contributed by atoms with Gasteiger partial charge in [-0.2, -0.15) is 0 Å². The summed E-state index contributed by atoms with van der Waals surface area (Å²) in [6.07, 6.45) is 7.71. The number of rotatable bonds is 6. The molecule has 0 radical (unpaired) electrons. The Labute approximate surface area is 162 Å². The van der Waals surface area contributed by atoms with Gasteiger partial charge >= 0.3 is 0 Å². The molecule has 7 heteroatoms. The maximum atomic E-state index is 13.1. The average molecular weight is 374 g/mol. The molecule has 0 saturated heterocycles.